The van der Waals surface area contributed by atoms with Gasteiger partial charge in [0.05, 0.1) is 18.7 Å². The summed E-state index contributed by atoms with van der Waals surface area (Å²) in [5.74, 6) is -0.774. The summed E-state index contributed by atoms with van der Waals surface area (Å²) in [7, 11) is 0. The van der Waals surface area contributed by atoms with Gasteiger partial charge in [-0.15, -0.1) is 0 Å². The predicted octanol–water partition coefficient (Wildman–Crippen LogP) is 3.26. The molecule has 0 spiro atoms. The zero-order valence-corrected chi connectivity index (χ0v) is 15.4. The summed E-state index contributed by atoms with van der Waals surface area (Å²) in [6.45, 7) is 3.80. The first kappa shape index (κ1) is 20.0. The Kier molecular flexibility index (Phi) is 7.37. The van der Waals surface area contributed by atoms with Crippen molar-refractivity contribution in [2.24, 2.45) is 0 Å². The smallest absolute Gasteiger partial charge is 0.338 e. The molecule has 0 saturated heterocycles. The molecule has 0 bridgehead atoms. The van der Waals surface area contributed by atoms with Crippen LogP contribution in [0.2, 0.25) is 0 Å². The first-order chi connectivity index (χ1) is 13.0. The number of amides is 2. The van der Waals surface area contributed by atoms with E-state index in [0.717, 1.165) is 6.42 Å². The van der Waals surface area contributed by atoms with E-state index in [9.17, 15) is 14.4 Å². The first-order valence-electron chi connectivity index (χ1n) is 8.66. The number of benzene rings is 2. The van der Waals surface area contributed by atoms with E-state index in [1.807, 2.05) is 6.92 Å². The van der Waals surface area contributed by atoms with Gasteiger partial charge in [0, 0.05) is 24.0 Å². The van der Waals surface area contributed by atoms with Crippen LogP contribution in [0, 0.1) is 0 Å². The van der Waals surface area contributed by atoms with E-state index < -0.39 is 0 Å². The molecule has 0 aliphatic heterocycles. The van der Waals surface area contributed by atoms with Crippen LogP contribution in [-0.4, -0.2) is 30.9 Å². The topological polar surface area (TPSA) is 96.5 Å². The Balaban J connectivity index is 1.85. The SMILES string of the molecule is CCCOC(=O)c1ccc(NCC(=O)Nc2cccc(NC(C)=O)c2)cc1. The molecule has 0 fully saturated rings. The van der Waals surface area contributed by atoms with E-state index in [2.05, 4.69) is 16.0 Å². The van der Waals surface area contributed by atoms with E-state index >= 15 is 0 Å². The Hall–Kier alpha value is -3.35. The van der Waals surface area contributed by atoms with Gasteiger partial charge < -0.3 is 20.7 Å². The van der Waals surface area contributed by atoms with E-state index in [-0.39, 0.29) is 24.3 Å². The molecule has 0 radical (unpaired) electrons. The summed E-state index contributed by atoms with van der Waals surface area (Å²) in [6, 6.07) is 13.6. The summed E-state index contributed by atoms with van der Waals surface area (Å²) in [4.78, 5) is 34.9. The Labute approximate surface area is 158 Å². The summed E-state index contributed by atoms with van der Waals surface area (Å²) in [5, 5.41) is 8.40. The molecule has 0 aliphatic rings. The molecule has 2 rings (SSSR count). The molecular weight excluding hydrogens is 346 g/mol. The number of hydrogen-bond donors (Lipinski definition) is 3. The van der Waals surface area contributed by atoms with Crippen molar-refractivity contribution in [3.8, 4) is 0 Å². The molecule has 142 valence electrons. The largest absolute Gasteiger partial charge is 0.462 e. The van der Waals surface area contributed by atoms with Gasteiger partial charge in [0.2, 0.25) is 11.8 Å². The highest BCUT2D eigenvalue weighted by atomic mass is 16.5. The zero-order valence-electron chi connectivity index (χ0n) is 15.4. The van der Waals surface area contributed by atoms with E-state index in [1.165, 1.54) is 6.92 Å². The lowest BCUT2D eigenvalue weighted by Crippen LogP contribution is -2.21. The van der Waals surface area contributed by atoms with Crippen LogP contribution in [0.3, 0.4) is 0 Å². The van der Waals surface area contributed by atoms with Crippen LogP contribution < -0.4 is 16.0 Å². The van der Waals surface area contributed by atoms with Crippen molar-refractivity contribution in [1.29, 1.82) is 0 Å². The van der Waals surface area contributed by atoms with Crippen molar-refractivity contribution >= 4 is 34.8 Å². The highest BCUT2D eigenvalue weighted by Gasteiger charge is 2.07. The molecule has 2 aromatic rings. The maximum Gasteiger partial charge on any atom is 0.338 e. The average molecular weight is 369 g/mol. The second kappa shape index (κ2) is 9.96. The summed E-state index contributed by atoms with van der Waals surface area (Å²) in [6.07, 6.45) is 0.772. The maximum absolute atomic E-state index is 12.1. The van der Waals surface area contributed by atoms with Crippen molar-refractivity contribution in [2.75, 3.05) is 29.1 Å². The summed E-state index contributed by atoms with van der Waals surface area (Å²) < 4.78 is 5.07. The number of anilines is 3. The van der Waals surface area contributed by atoms with E-state index in [1.54, 1.807) is 48.5 Å². The lowest BCUT2D eigenvalue weighted by molar-refractivity contribution is -0.115. The van der Waals surface area contributed by atoms with Crippen molar-refractivity contribution in [1.82, 2.24) is 0 Å². The van der Waals surface area contributed by atoms with E-state index in [0.29, 0.717) is 29.2 Å². The molecule has 3 N–H and O–H groups in total. The van der Waals surface area contributed by atoms with E-state index in [4.69, 9.17) is 4.74 Å². The van der Waals surface area contributed by atoms with Gasteiger partial charge in [0.25, 0.3) is 0 Å². The monoisotopic (exact) mass is 369 g/mol. The maximum atomic E-state index is 12.1. The van der Waals surface area contributed by atoms with Crippen LogP contribution in [0.25, 0.3) is 0 Å². The highest BCUT2D eigenvalue weighted by Crippen LogP contribution is 2.15. The number of hydrogen-bond acceptors (Lipinski definition) is 5. The second-order valence-electron chi connectivity index (χ2n) is 5.88. The predicted molar refractivity (Wildman–Crippen MR) is 105 cm³/mol. The lowest BCUT2D eigenvalue weighted by atomic mass is 10.2. The number of nitrogens with one attached hydrogen (secondary N) is 3. The number of rotatable bonds is 8. The molecule has 7 heteroatoms. The van der Waals surface area contributed by atoms with Crippen LogP contribution in [0.1, 0.15) is 30.6 Å². The van der Waals surface area contributed by atoms with Gasteiger partial charge in [-0.2, -0.15) is 0 Å². The van der Waals surface area contributed by atoms with Crippen LogP contribution in [0.15, 0.2) is 48.5 Å². The second-order valence-corrected chi connectivity index (χ2v) is 5.88. The van der Waals surface area contributed by atoms with Crippen LogP contribution in [0.4, 0.5) is 17.1 Å². The Morgan fingerprint density at radius 3 is 2.22 bits per heavy atom. The molecule has 0 heterocycles. The average Bonchev–Trinajstić information content (AvgIpc) is 2.64. The van der Waals surface area contributed by atoms with Crippen molar-refractivity contribution < 1.29 is 19.1 Å². The third-order valence-corrected chi connectivity index (χ3v) is 3.48. The minimum atomic E-state index is -0.361. The molecule has 27 heavy (non-hydrogen) atoms. The molecule has 0 saturated carbocycles. The molecule has 0 unspecified atom stereocenters. The fraction of sp³-hybridized carbons (Fsp3) is 0.250. The zero-order chi connectivity index (χ0) is 19.6. The fourth-order valence-electron chi connectivity index (χ4n) is 2.27. The standard InChI is InChI=1S/C20H23N3O4/c1-3-11-27-20(26)15-7-9-16(10-8-15)21-13-19(25)23-18-6-4-5-17(12-18)22-14(2)24/h4-10,12,21H,3,11,13H2,1-2H3,(H,22,24)(H,23,25). The van der Waals surface area contributed by atoms with Crippen molar-refractivity contribution in [3.63, 3.8) is 0 Å². The quantitative estimate of drug-likeness (QED) is 0.621. The van der Waals surface area contributed by atoms with Gasteiger partial charge in [-0.1, -0.05) is 13.0 Å². The number of carbonyl (C=O) groups is 3. The summed E-state index contributed by atoms with van der Waals surface area (Å²) >= 11 is 0. The number of carbonyl (C=O) groups excluding carboxylic acids is 3. The third-order valence-electron chi connectivity index (χ3n) is 3.48. The molecule has 0 aromatic heterocycles. The minimum Gasteiger partial charge on any atom is -0.462 e. The fourth-order valence-corrected chi connectivity index (χ4v) is 2.27. The van der Waals surface area contributed by atoms with Gasteiger partial charge in [0.1, 0.15) is 0 Å². The number of ether oxygens (including phenoxy) is 1. The minimum absolute atomic E-state index is 0.0595. The lowest BCUT2D eigenvalue weighted by Gasteiger charge is -2.10. The molecule has 2 amide bonds. The van der Waals surface area contributed by atoms with Gasteiger partial charge >= 0.3 is 5.97 Å². The van der Waals surface area contributed by atoms with Crippen LogP contribution in [-0.2, 0) is 14.3 Å². The normalized spacial score (nSPS) is 10.0. The van der Waals surface area contributed by atoms with Gasteiger partial charge in [0.15, 0.2) is 0 Å². The Morgan fingerprint density at radius 2 is 1.59 bits per heavy atom. The Morgan fingerprint density at radius 1 is 0.926 bits per heavy atom. The van der Waals surface area contributed by atoms with Crippen LogP contribution in [0.5, 0.6) is 0 Å². The third kappa shape index (κ3) is 6.81. The van der Waals surface area contributed by atoms with Crippen molar-refractivity contribution in [3.05, 3.63) is 54.1 Å². The molecule has 0 atom stereocenters. The molecule has 2 aromatic carbocycles. The van der Waals surface area contributed by atoms with Gasteiger partial charge in [-0.3, -0.25) is 9.59 Å². The number of esters is 1. The highest BCUT2D eigenvalue weighted by molar-refractivity contribution is 5.95. The van der Waals surface area contributed by atoms with Gasteiger partial charge in [-0.25, -0.2) is 4.79 Å². The van der Waals surface area contributed by atoms with Crippen molar-refractivity contribution in [2.45, 2.75) is 20.3 Å². The molecular formula is C20H23N3O4. The van der Waals surface area contributed by atoms with Crippen LogP contribution >= 0.6 is 0 Å². The summed E-state index contributed by atoms with van der Waals surface area (Å²) in [5.41, 5.74) is 2.37. The molecule has 7 nitrogen and oxygen atoms in total. The van der Waals surface area contributed by atoms with Gasteiger partial charge in [-0.05, 0) is 48.9 Å². The first-order valence-corrected chi connectivity index (χ1v) is 8.66. The Bertz CT molecular complexity index is 803. The molecule has 0 aliphatic carbocycles.